The van der Waals surface area contributed by atoms with Crippen LogP contribution >= 0.6 is 0 Å². The van der Waals surface area contributed by atoms with Crippen molar-refractivity contribution in [1.82, 2.24) is 4.90 Å². The predicted octanol–water partition coefficient (Wildman–Crippen LogP) is -0.759. The third-order valence-corrected chi connectivity index (χ3v) is 0.368. The molecule has 0 fully saturated rings. The molecule has 2 N–H and O–H groups in total. The second kappa shape index (κ2) is 12.3. The number of carboxylic acid groups (broad SMARTS) is 2. The van der Waals surface area contributed by atoms with Gasteiger partial charge in [0.15, 0.2) is 0 Å². The summed E-state index contributed by atoms with van der Waals surface area (Å²) in [5, 5.41) is 15.6. The summed E-state index contributed by atoms with van der Waals surface area (Å²) >= 11 is 0. The van der Waals surface area contributed by atoms with E-state index in [-0.39, 0.29) is 51.4 Å². The van der Waals surface area contributed by atoms with Gasteiger partial charge in [-0.3, -0.25) is 0 Å². The van der Waals surface area contributed by atoms with E-state index in [1.54, 1.807) is 0 Å². The summed E-state index contributed by atoms with van der Waals surface area (Å²) in [5.74, 6) is -2.51. The molecule has 0 aliphatic heterocycles. The molecule has 72 valence electrons. The molecule has 0 amide bonds. The van der Waals surface area contributed by atoms with E-state index in [0.29, 0.717) is 12.2 Å². The molecule has 0 aliphatic rings. The minimum absolute atomic E-state index is 0. The fourth-order valence-corrected chi connectivity index (χ4v) is 0.143. The van der Waals surface area contributed by atoms with Crippen molar-refractivity contribution >= 4 is 63.3 Å². The van der Waals surface area contributed by atoms with Gasteiger partial charge in [-0.15, -0.1) is 0 Å². The molecule has 5 nitrogen and oxygen atoms in total. The Kier molecular flexibility index (Phi) is 17.9. The zero-order chi connectivity index (χ0) is 10.1. The Morgan fingerprint density at radius 1 is 1.00 bits per heavy atom. The maximum absolute atomic E-state index is 9.55. The fraction of sp³-hybridized carbons (Fsp3) is 0.429. The zero-order valence-corrected chi connectivity index (χ0v) is 7.31. The van der Waals surface area contributed by atoms with Crippen molar-refractivity contribution in [2.45, 2.75) is 0 Å². The molecule has 0 radical (unpaired) electrons. The number of hydrogen-bond acceptors (Lipinski definition) is 3. The van der Waals surface area contributed by atoms with Crippen molar-refractivity contribution in [2.24, 2.45) is 0 Å². The molecule has 0 aliphatic carbocycles. The second-order valence-corrected chi connectivity index (χ2v) is 2.35. The van der Waals surface area contributed by atoms with Crippen LogP contribution in [0.2, 0.25) is 0 Å². The molecule has 0 aromatic heterocycles. The van der Waals surface area contributed by atoms with E-state index >= 15 is 0 Å². The summed E-state index contributed by atoms with van der Waals surface area (Å²) in [5.41, 5.74) is 0. The van der Waals surface area contributed by atoms with Crippen LogP contribution in [0, 0.1) is 0 Å². The van der Waals surface area contributed by atoms with Gasteiger partial charge in [-0.25, -0.2) is 9.59 Å². The molecule has 0 heterocycles. The summed E-state index contributed by atoms with van der Waals surface area (Å²) in [7, 11) is 6.00. The average molecular weight is 215 g/mol. The normalized spacial score (nSPS) is 8.62. The van der Waals surface area contributed by atoms with E-state index < -0.39 is 11.9 Å². The topological polar surface area (TPSA) is 77.8 Å². The summed E-state index contributed by atoms with van der Waals surface area (Å²) in [6, 6.07) is 0. The monoisotopic (exact) mass is 215 g/mol. The first-order valence-electron chi connectivity index (χ1n) is 3.11. The summed E-state index contributed by atoms with van der Waals surface area (Å²) in [6.07, 6.45) is 1.12. The summed E-state index contributed by atoms with van der Waals surface area (Å²) in [4.78, 5) is 21.1. The Hall–Kier alpha value is 0.276. The van der Waals surface area contributed by atoms with Crippen LogP contribution in [-0.4, -0.2) is 99.6 Å². The van der Waals surface area contributed by atoms with Gasteiger partial charge in [-0.2, -0.15) is 0 Å². The SMILES string of the molecule is CN(C)C.O=C(O)/C=C\C(=O)O.[KH]. The van der Waals surface area contributed by atoms with Crippen LogP contribution < -0.4 is 0 Å². The first-order chi connectivity index (χ1) is 5.36. The fourth-order valence-electron chi connectivity index (χ4n) is 0.143. The van der Waals surface area contributed by atoms with Crippen LogP contribution in [0.3, 0.4) is 0 Å². The zero-order valence-electron chi connectivity index (χ0n) is 7.31. The van der Waals surface area contributed by atoms with Crippen molar-refractivity contribution in [1.29, 1.82) is 0 Å². The number of hydrogen-bond donors (Lipinski definition) is 2. The molecule has 0 atom stereocenters. The average Bonchev–Trinajstić information content (AvgIpc) is 1.82. The Morgan fingerprint density at radius 3 is 1.23 bits per heavy atom. The maximum atomic E-state index is 9.55. The van der Waals surface area contributed by atoms with Gasteiger partial charge in [0.1, 0.15) is 0 Å². The molecule has 13 heavy (non-hydrogen) atoms. The van der Waals surface area contributed by atoms with Crippen LogP contribution in [0.5, 0.6) is 0 Å². The van der Waals surface area contributed by atoms with Gasteiger partial charge in [0, 0.05) is 12.2 Å². The molecule has 0 aromatic carbocycles. The van der Waals surface area contributed by atoms with Gasteiger partial charge < -0.3 is 15.1 Å². The predicted molar refractivity (Wildman–Crippen MR) is 51.2 cm³/mol. The van der Waals surface area contributed by atoms with E-state index in [1.807, 2.05) is 26.0 Å². The van der Waals surface area contributed by atoms with Gasteiger partial charge in [-0.05, 0) is 21.1 Å². The van der Waals surface area contributed by atoms with Crippen LogP contribution in [0.4, 0.5) is 0 Å². The van der Waals surface area contributed by atoms with Crippen molar-refractivity contribution in [2.75, 3.05) is 21.1 Å². The van der Waals surface area contributed by atoms with Crippen LogP contribution in [0.1, 0.15) is 0 Å². The van der Waals surface area contributed by atoms with Crippen LogP contribution in [0.15, 0.2) is 12.2 Å². The molecule has 0 saturated carbocycles. The Balaban J connectivity index is -0.000000173. The van der Waals surface area contributed by atoms with E-state index in [1.165, 1.54) is 0 Å². The van der Waals surface area contributed by atoms with E-state index in [9.17, 15) is 9.59 Å². The van der Waals surface area contributed by atoms with Gasteiger partial charge in [0.05, 0.1) is 0 Å². The van der Waals surface area contributed by atoms with E-state index in [2.05, 4.69) is 0 Å². The number of rotatable bonds is 2. The molecule has 6 heteroatoms. The van der Waals surface area contributed by atoms with Crippen LogP contribution in [-0.2, 0) is 9.59 Å². The third kappa shape index (κ3) is 46.6. The quantitative estimate of drug-likeness (QED) is 0.468. The van der Waals surface area contributed by atoms with Crippen molar-refractivity contribution in [3.05, 3.63) is 12.2 Å². The van der Waals surface area contributed by atoms with Crippen molar-refractivity contribution in [3.8, 4) is 0 Å². The molecular formula is C7H14KNO4. The van der Waals surface area contributed by atoms with Gasteiger partial charge in [0.2, 0.25) is 0 Å². The van der Waals surface area contributed by atoms with Gasteiger partial charge in [-0.1, -0.05) is 0 Å². The van der Waals surface area contributed by atoms with E-state index in [0.717, 1.165) is 0 Å². The Bertz CT molecular complexity index is 161. The number of carbonyl (C=O) groups is 2. The van der Waals surface area contributed by atoms with Gasteiger partial charge >= 0.3 is 63.3 Å². The molecule has 0 bridgehead atoms. The molecule has 0 saturated heterocycles. The molecule has 0 spiro atoms. The standard InChI is InChI=1S/C4H4O4.C3H9N.K.H/c5-3(6)1-2-4(7)8;1-4(2)3;;/h1-2H,(H,5,6)(H,7,8);1-3H3;;/b2-1-;;;. The molecule has 0 unspecified atom stereocenters. The number of nitrogens with zero attached hydrogens (tertiary/aromatic N) is 1. The second-order valence-electron chi connectivity index (χ2n) is 2.35. The minimum atomic E-state index is -1.26. The van der Waals surface area contributed by atoms with Crippen molar-refractivity contribution in [3.63, 3.8) is 0 Å². The summed E-state index contributed by atoms with van der Waals surface area (Å²) < 4.78 is 0. The van der Waals surface area contributed by atoms with Crippen LogP contribution in [0.25, 0.3) is 0 Å². The first-order valence-corrected chi connectivity index (χ1v) is 3.11. The Morgan fingerprint density at radius 2 is 1.15 bits per heavy atom. The van der Waals surface area contributed by atoms with Crippen molar-refractivity contribution < 1.29 is 19.8 Å². The Labute approximate surface area is 120 Å². The molecule has 0 aromatic rings. The summed E-state index contributed by atoms with van der Waals surface area (Å²) in [6.45, 7) is 0. The number of aliphatic carboxylic acids is 2. The third-order valence-electron chi connectivity index (χ3n) is 0.368. The van der Waals surface area contributed by atoms with Gasteiger partial charge in [0.25, 0.3) is 0 Å². The molecular weight excluding hydrogens is 201 g/mol. The molecule has 0 rings (SSSR count). The first kappa shape index (κ1) is 18.9. The number of carboxylic acids is 2. The van der Waals surface area contributed by atoms with E-state index in [4.69, 9.17) is 10.2 Å².